The van der Waals surface area contributed by atoms with Gasteiger partial charge < -0.3 is 4.57 Å². The van der Waals surface area contributed by atoms with Gasteiger partial charge in [-0.15, -0.1) is 11.3 Å². The van der Waals surface area contributed by atoms with E-state index >= 15 is 0 Å². The van der Waals surface area contributed by atoms with Gasteiger partial charge in [-0.25, -0.2) is 4.98 Å². The second-order valence-electron chi connectivity index (χ2n) is 8.33. The first-order valence-electron chi connectivity index (χ1n) is 11.2. The van der Waals surface area contributed by atoms with E-state index in [0.29, 0.717) is 0 Å². The van der Waals surface area contributed by atoms with E-state index in [2.05, 4.69) is 103 Å². The molecule has 2 heterocycles. The van der Waals surface area contributed by atoms with Crippen LogP contribution in [0, 0.1) is 6.92 Å². The average Bonchev–Trinajstić information content (AvgIpc) is 3.41. The van der Waals surface area contributed by atoms with E-state index < -0.39 is 0 Å². The van der Waals surface area contributed by atoms with E-state index in [4.69, 9.17) is 9.98 Å². The zero-order chi connectivity index (χ0) is 22.4. The molecule has 0 saturated heterocycles. The predicted molar refractivity (Wildman–Crippen MR) is 142 cm³/mol. The summed E-state index contributed by atoms with van der Waals surface area (Å²) in [7, 11) is 0. The molecule has 0 bridgehead atoms. The Bertz CT molecular complexity index is 1650. The Morgan fingerprint density at radius 2 is 1.70 bits per heavy atom. The summed E-state index contributed by atoms with van der Waals surface area (Å²) < 4.78 is 3.60. The van der Waals surface area contributed by atoms with Crippen molar-refractivity contribution in [1.82, 2.24) is 9.55 Å². The lowest BCUT2D eigenvalue weighted by atomic mass is 10.1. The van der Waals surface area contributed by atoms with Crippen LogP contribution in [-0.2, 0) is 6.54 Å². The van der Waals surface area contributed by atoms with Crippen LogP contribution in [0.3, 0.4) is 0 Å². The van der Waals surface area contributed by atoms with Crippen molar-refractivity contribution >= 4 is 55.3 Å². The van der Waals surface area contributed by atoms with Crippen LogP contribution in [0.5, 0.6) is 0 Å². The molecule has 0 aliphatic rings. The summed E-state index contributed by atoms with van der Waals surface area (Å²) in [6.45, 7) is 5.27. The van der Waals surface area contributed by atoms with Gasteiger partial charge in [0.1, 0.15) is 5.01 Å². The van der Waals surface area contributed by atoms with Gasteiger partial charge in [0.2, 0.25) is 0 Å². The lowest BCUT2D eigenvalue weighted by molar-refractivity contribution is 0.827. The third-order valence-electron chi connectivity index (χ3n) is 6.13. The quantitative estimate of drug-likeness (QED) is 0.252. The molecule has 0 aliphatic carbocycles. The number of fused-ring (bicyclic) bond motifs is 4. The third-order valence-corrected chi connectivity index (χ3v) is 7.20. The molecule has 160 valence electrons. The largest absolute Gasteiger partial charge is 0.341 e. The number of thiazole rings is 1. The third kappa shape index (κ3) is 3.53. The molecule has 0 aliphatic heterocycles. The van der Waals surface area contributed by atoms with Crippen molar-refractivity contribution in [2.75, 3.05) is 0 Å². The fraction of sp³-hybridized carbons (Fsp3) is 0.103. The SMILES string of the molecule is CCn1c2ccccc2c2cc(C=Nc3ccc(-c4nc5ccc(C)cc5s4)cc3)ccc21. The molecule has 6 rings (SSSR count). The van der Waals surface area contributed by atoms with Crippen LogP contribution in [0.2, 0.25) is 0 Å². The van der Waals surface area contributed by atoms with E-state index in [1.54, 1.807) is 11.3 Å². The number of hydrogen-bond acceptors (Lipinski definition) is 3. The lowest BCUT2D eigenvalue weighted by Crippen LogP contribution is -1.92. The van der Waals surface area contributed by atoms with Crippen LogP contribution in [0.15, 0.2) is 89.9 Å². The van der Waals surface area contributed by atoms with Gasteiger partial charge in [0, 0.05) is 40.1 Å². The van der Waals surface area contributed by atoms with Gasteiger partial charge in [0.05, 0.1) is 15.9 Å². The number of nitrogens with zero attached hydrogens (tertiary/aromatic N) is 3. The Kier molecular flexibility index (Phi) is 4.81. The molecule has 33 heavy (non-hydrogen) atoms. The van der Waals surface area contributed by atoms with Crippen molar-refractivity contribution in [3.8, 4) is 10.6 Å². The fourth-order valence-electron chi connectivity index (χ4n) is 4.49. The zero-order valence-corrected chi connectivity index (χ0v) is 19.4. The van der Waals surface area contributed by atoms with E-state index in [1.165, 1.54) is 32.1 Å². The van der Waals surface area contributed by atoms with Crippen molar-refractivity contribution in [2.45, 2.75) is 20.4 Å². The van der Waals surface area contributed by atoms with Gasteiger partial charge in [-0.1, -0.05) is 30.3 Å². The van der Waals surface area contributed by atoms with Crippen molar-refractivity contribution in [1.29, 1.82) is 0 Å². The first-order valence-corrected chi connectivity index (χ1v) is 12.0. The highest BCUT2D eigenvalue weighted by Crippen LogP contribution is 2.32. The van der Waals surface area contributed by atoms with Gasteiger partial charge in [-0.2, -0.15) is 0 Å². The molecular weight excluding hydrogens is 422 g/mol. The maximum Gasteiger partial charge on any atom is 0.124 e. The summed E-state index contributed by atoms with van der Waals surface area (Å²) in [5.41, 5.74) is 8.04. The maximum atomic E-state index is 4.79. The van der Waals surface area contributed by atoms with Gasteiger partial charge >= 0.3 is 0 Å². The number of aliphatic imine (C=N–C) groups is 1. The fourth-order valence-corrected chi connectivity index (χ4v) is 5.56. The Hall–Kier alpha value is -3.76. The molecule has 0 atom stereocenters. The summed E-state index contributed by atoms with van der Waals surface area (Å²) in [5.74, 6) is 0. The van der Waals surface area contributed by atoms with Crippen molar-refractivity contribution in [3.63, 3.8) is 0 Å². The summed E-state index contributed by atoms with van der Waals surface area (Å²) >= 11 is 1.73. The van der Waals surface area contributed by atoms with Gasteiger partial charge in [0.15, 0.2) is 0 Å². The number of aryl methyl sites for hydroxylation is 2. The summed E-state index contributed by atoms with van der Waals surface area (Å²) in [6, 6.07) is 29.9. The van der Waals surface area contributed by atoms with Crippen LogP contribution in [0.4, 0.5) is 5.69 Å². The first kappa shape index (κ1) is 19.9. The second kappa shape index (κ2) is 7.98. The monoisotopic (exact) mass is 445 g/mol. The number of para-hydroxylation sites is 1. The van der Waals surface area contributed by atoms with E-state index in [0.717, 1.165) is 33.9 Å². The minimum Gasteiger partial charge on any atom is -0.341 e. The number of benzene rings is 4. The Morgan fingerprint density at radius 3 is 2.55 bits per heavy atom. The molecule has 0 amide bonds. The molecule has 0 unspecified atom stereocenters. The number of hydrogen-bond donors (Lipinski definition) is 0. The maximum absolute atomic E-state index is 4.79. The van der Waals surface area contributed by atoms with E-state index in [9.17, 15) is 0 Å². The first-order chi connectivity index (χ1) is 16.2. The molecule has 0 N–H and O–H groups in total. The average molecular weight is 446 g/mol. The topological polar surface area (TPSA) is 30.2 Å². The molecule has 4 heteroatoms. The van der Waals surface area contributed by atoms with Crippen molar-refractivity contribution in [3.05, 3.63) is 96.1 Å². The van der Waals surface area contributed by atoms with Gasteiger partial charge in [-0.3, -0.25) is 4.99 Å². The Morgan fingerprint density at radius 1 is 0.879 bits per heavy atom. The van der Waals surface area contributed by atoms with Gasteiger partial charge in [-0.05, 0) is 79.6 Å². The lowest BCUT2D eigenvalue weighted by Gasteiger charge is -2.02. The van der Waals surface area contributed by atoms with Crippen molar-refractivity contribution < 1.29 is 0 Å². The molecule has 2 aromatic heterocycles. The van der Waals surface area contributed by atoms with Crippen molar-refractivity contribution in [2.24, 2.45) is 4.99 Å². The molecule has 0 radical (unpaired) electrons. The molecule has 0 spiro atoms. The second-order valence-corrected chi connectivity index (χ2v) is 9.36. The highest BCUT2D eigenvalue weighted by atomic mass is 32.1. The molecule has 4 aromatic carbocycles. The van der Waals surface area contributed by atoms with E-state index in [1.807, 2.05) is 6.21 Å². The van der Waals surface area contributed by atoms with Crippen LogP contribution >= 0.6 is 11.3 Å². The summed E-state index contributed by atoms with van der Waals surface area (Å²) in [5, 5.41) is 3.61. The molecule has 6 aromatic rings. The highest BCUT2D eigenvalue weighted by molar-refractivity contribution is 7.21. The van der Waals surface area contributed by atoms with Gasteiger partial charge in [0.25, 0.3) is 0 Å². The van der Waals surface area contributed by atoms with Crippen LogP contribution in [-0.4, -0.2) is 15.8 Å². The zero-order valence-electron chi connectivity index (χ0n) is 18.6. The minimum absolute atomic E-state index is 0.937. The smallest absolute Gasteiger partial charge is 0.124 e. The Balaban J connectivity index is 1.30. The molecule has 0 saturated carbocycles. The van der Waals surface area contributed by atoms with Crippen LogP contribution < -0.4 is 0 Å². The standard InChI is InChI=1S/C29H23N3S/c1-3-32-26-7-5-4-6-23(26)24-17-20(9-15-27(24)32)18-30-22-12-10-21(11-13-22)29-31-25-14-8-19(2)16-28(25)33-29/h4-18H,3H2,1-2H3. The summed E-state index contributed by atoms with van der Waals surface area (Å²) in [4.78, 5) is 9.52. The normalized spacial score (nSPS) is 11.9. The highest BCUT2D eigenvalue weighted by Gasteiger charge is 2.09. The number of aromatic nitrogens is 2. The van der Waals surface area contributed by atoms with E-state index in [-0.39, 0.29) is 0 Å². The molecule has 3 nitrogen and oxygen atoms in total. The summed E-state index contributed by atoms with van der Waals surface area (Å²) in [6.07, 6.45) is 1.95. The Labute approximate surface area is 196 Å². The molecular formula is C29H23N3S. The molecule has 0 fully saturated rings. The number of rotatable bonds is 4. The predicted octanol–water partition coefficient (Wildman–Crippen LogP) is 8.15. The van der Waals surface area contributed by atoms with Crippen LogP contribution in [0.25, 0.3) is 42.6 Å². The van der Waals surface area contributed by atoms with Crippen LogP contribution in [0.1, 0.15) is 18.1 Å². The minimum atomic E-state index is 0.937.